The number of thiol groups is 1. The third-order valence-electron chi connectivity index (χ3n) is 3.96. The maximum Gasteiger partial charge on any atom is 0.287 e. The molecule has 0 spiro atoms. The van der Waals surface area contributed by atoms with Crippen LogP contribution in [0.4, 0.5) is 16.2 Å². The molecule has 2 amide bonds. The van der Waals surface area contributed by atoms with Crippen molar-refractivity contribution in [2.45, 2.75) is 13.3 Å². The molecule has 0 fully saturated rings. The van der Waals surface area contributed by atoms with E-state index in [9.17, 15) is 9.59 Å². The zero-order valence-corrected chi connectivity index (χ0v) is 15.1. The van der Waals surface area contributed by atoms with E-state index >= 15 is 0 Å². The summed E-state index contributed by atoms with van der Waals surface area (Å²) in [4.78, 5) is 24.8. The largest absolute Gasteiger partial charge is 0.287 e. The first-order chi connectivity index (χ1) is 12.0. The number of rotatable bonds is 3. The second-order valence-electron chi connectivity index (χ2n) is 5.78. The van der Waals surface area contributed by atoms with Crippen LogP contribution < -0.4 is 10.3 Å². The van der Waals surface area contributed by atoms with E-state index in [0.29, 0.717) is 22.8 Å². The van der Waals surface area contributed by atoms with Crippen molar-refractivity contribution in [2.24, 2.45) is 11.0 Å². The van der Waals surface area contributed by atoms with Gasteiger partial charge in [-0.1, -0.05) is 43.3 Å². The second kappa shape index (κ2) is 7.29. The van der Waals surface area contributed by atoms with Crippen LogP contribution >= 0.6 is 24.2 Å². The Morgan fingerprint density at radius 2 is 1.72 bits per heavy atom. The van der Waals surface area contributed by atoms with Crippen molar-refractivity contribution in [2.75, 3.05) is 4.90 Å². The normalized spacial score (nSPS) is 16.8. The summed E-state index contributed by atoms with van der Waals surface area (Å²) in [6.45, 7) is 1.96. The molecule has 1 aliphatic heterocycles. The zero-order valence-electron chi connectivity index (χ0n) is 13.4. The number of halogens is 1. The maximum atomic E-state index is 12.0. The average molecular weight is 374 g/mol. The summed E-state index contributed by atoms with van der Waals surface area (Å²) in [7, 11) is 0. The average Bonchev–Trinajstić information content (AvgIpc) is 2.57. The van der Waals surface area contributed by atoms with Gasteiger partial charge in [0.05, 0.1) is 5.71 Å². The quantitative estimate of drug-likeness (QED) is 0.784. The van der Waals surface area contributed by atoms with Gasteiger partial charge < -0.3 is 0 Å². The molecule has 0 bridgehead atoms. The number of benzene rings is 2. The van der Waals surface area contributed by atoms with Crippen LogP contribution in [0.25, 0.3) is 0 Å². The van der Waals surface area contributed by atoms with Gasteiger partial charge in [0.2, 0.25) is 5.91 Å². The molecule has 128 valence electrons. The molecule has 1 N–H and O–H groups in total. The lowest BCUT2D eigenvalue weighted by Crippen LogP contribution is -2.32. The molecule has 0 radical (unpaired) electrons. The van der Waals surface area contributed by atoms with Crippen molar-refractivity contribution in [3.8, 4) is 0 Å². The van der Waals surface area contributed by atoms with Crippen molar-refractivity contribution in [3.05, 3.63) is 59.1 Å². The van der Waals surface area contributed by atoms with E-state index in [1.165, 1.54) is 4.90 Å². The van der Waals surface area contributed by atoms with Crippen molar-refractivity contribution >= 4 is 52.5 Å². The summed E-state index contributed by atoms with van der Waals surface area (Å²) in [6, 6.07) is 14.4. The van der Waals surface area contributed by atoms with Gasteiger partial charge in [0.25, 0.3) is 5.24 Å². The molecule has 7 heteroatoms. The number of hydrogen-bond donors (Lipinski definition) is 2. The van der Waals surface area contributed by atoms with Crippen LogP contribution in [0.5, 0.6) is 0 Å². The number of hydrogen-bond acceptors (Lipinski definition) is 3. The third kappa shape index (κ3) is 3.86. The summed E-state index contributed by atoms with van der Waals surface area (Å²) < 4.78 is 0. The van der Waals surface area contributed by atoms with E-state index in [0.717, 1.165) is 11.3 Å². The number of carbonyl (C=O) groups is 2. The van der Waals surface area contributed by atoms with Gasteiger partial charge >= 0.3 is 0 Å². The van der Waals surface area contributed by atoms with Gasteiger partial charge in [0, 0.05) is 28.7 Å². The molecule has 1 aliphatic rings. The van der Waals surface area contributed by atoms with Gasteiger partial charge in [-0.05, 0) is 42.0 Å². The first-order valence-electron chi connectivity index (χ1n) is 7.71. The smallest absolute Gasteiger partial charge is 0.273 e. The molecule has 0 aliphatic carbocycles. The summed E-state index contributed by atoms with van der Waals surface area (Å²) in [5, 5.41) is 4.34. The molecular weight excluding hydrogens is 358 g/mol. The molecule has 2 aromatic rings. The number of carbonyl (C=O) groups excluding carboxylic acids is 2. The molecular formula is C18H16ClN3O2S. The maximum absolute atomic E-state index is 12.0. The molecule has 1 heterocycles. The van der Waals surface area contributed by atoms with E-state index in [2.05, 4.69) is 23.2 Å². The fourth-order valence-electron chi connectivity index (χ4n) is 2.74. The highest BCUT2D eigenvalue weighted by Gasteiger charge is 2.22. The molecule has 1 unspecified atom stereocenters. The van der Waals surface area contributed by atoms with Gasteiger partial charge in [-0.3, -0.25) is 14.5 Å². The molecule has 0 saturated carbocycles. The Labute approximate surface area is 156 Å². The molecule has 25 heavy (non-hydrogen) atoms. The van der Waals surface area contributed by atoms with Gasteiger partial charge in [0.15, 0.2) is 0 Å². The Hall–Kier alpha value is -2.31. The molecule has 3 rings (SSSR count). The zero-order chi connectivity index (χ0) is 18.0. The molecule has 2 aromatic carbocycles. The molecule has 0 aromatic heterocycles. The lowest BCUT2D eigenvalue weighted by atomic mass is 9.94. The fourth-order valence-corrected chi connectivity index (χ4v) is 3.10. The van der Waals surface area contributed by atoms with Crippen LogP contribution in [0.3, 0.4) is 0 Å². The van der Waals surface area contributed by atoms with Crippen LogP contribution in [-0.2, 0) is 4.79 Å². The highest BCUT2D eigenvalue weighted by molar-refractivity contribution is 7.97. The van der Waals surface area contributed by atoms with Crippen molar-refractivity contribution in [1.29, 1.82) is 0 Å². The van der Waals surface area contributed by atoms with Gasteiger partial charge in [-0.15, -0.1) is 0 Å². The van der Waals surface area contributed by atoms with Gasteiger partial charge in [-0.25, -0.2) is 5.43 Å². The Morgan fingerprint density at radius 1 is 1.16 bits per heavy atom. The predicted molar refractivity (Wildman–Crippen MR) is 103 cm³/mol. The van der Waals surface area contributed by atoms with E-state index in [1.54, 1.807) is 24.3 Å². The fraction of sp³-hybridized carbons (Fsp3) is 0.167. The van der Waals surface area contributed by atoms with Crippen molar-refractivity contribution in [1.82, 2.24) is 5.43 Å². The molecule has 0 saturated heterocycles. The summed E-state index contributed by atoms with van der Waals surface area (Å²) in [5.41, 5.74) is 5.58. The first-order valence-corrected chi connectivity index (χ1v) is 8.53. The standard InChI is InChI=1S/C18H16ClN3O2S/c1-11-10-16(23)20-21-17(11)12-2-6-14(7-3-12)22(18(24)25)15-8-4-13(19)5-9-15/h2-9,11H,10H2,1H3,(H,20,23)(H,24,25). The summed E-state index contributed by atoms with van der Waals surface area (Å²) in [6.07, 6.45) is 0.409. The van der Waals surface area contributed by atoms with Gasteiger partial charge in [-0.2, -0.15) is 5.10 Å². The van der Waals surface area contributed by atoms with Crippen LogP contribution in [0.15, 0.2) is 53.6 Å². The minimum atomic E-state index is -0.397. The van der Waals surface area contributed by atoms with Gasteiger partial charge in [0.1, 0.15) is 0 Å². The lowest BCUT2D eigenvalue weighted by Gasteiger charge is -2.22. The van der Waals surface area contributed by atoms with Crippen LogP contribution in [0, 0.1) is 5.92 Å². The highest BCUT2D eigenvalue weighted by Crippen LogP contribution is 2.29. The van der Waals surface area contributed by atoms with E-state index in [4.69, 9.17) is 11.6 Å². The third-order valence-corrected chi connectivity index (χ3v) is 4.41. The number of hydrazone groups is 1. The molecule has 1 atom stereocenters. The minimum Gasteiger partial charge on any atom is -0.273 e. The monoisotopic (exact) mass is 373 g/mol. The Morgan fingerprint density at radius 3 is 2.24 bits per heavy atom. The van der Waals surface area contributed by atoms with E-state index < -0.39 is 5.24 Å². The Bertz CT molecular complexity index is 834. The minimum absolute atomic E-state index is 0.0403. The van der Waals surface area contributed by atoms with E-state index in [-0.39, 0.29) is 11.8 Å². The number of nitrogens with one attached hydrogen (secondary N) is 1. The van der Waals surface area contributed by atoms with Crippen LogP contribution in [-0.4, -0.2) is 16.9 Å². The Balaban J connectivity index is 1.91. The van der Waals surface area contributed by atoms with Crippen molar-refractivity contribution < 1.29 is 9.59 Å². The SMILES string of the molecule is CC1CC(=O)NN=C1c1ccc(N(C(=O)S)c2ccc(Cl)cc2)cc1. The lowest BCUT2D eigenvalue weighted by molar-refractivity contribution is -0.121. The number of anilines is 2. The van der Waals surface area contributed by atoms with Crippen LogP contribution in [0.2, 0.25) is 5.02 Å². The summed E-state index contributed by atoms with van der Waals surface area (Å²) >= 11 is 9.88. The van der Waals surface area contributed by atoms with E-state index in [1.807, 2.05) is 31.2 Å². The van der Waals surface area contributed by atoms with Crippen LogP contribution in [0.1, 0.15) is 18.9 Å². The Kier molecular flexibility index (Phi) is 5.11. The number of nitrogens with zero attached hydrogens (tertiary/aromatic N) is 2. The molecule has 5 nitrogen and oxygen atoms in total. The second-order valence-corrected chi connectivity index (χ2v) is 6.60. The number of amides is 2. The predicted octanol–water partition coefficient (Wildman–Crippen LogP) is 4.39. The van der Waals surface area contributed by atoms with Crippen molar-refractivity contribution in [3.63, 3.8) is 0 Å². The highest BCUT2D eigenvalue weighted by atomic mass is 35.5. The summed E-state index contributed by atoms with van der Waals surface area (Å²) in [5.74, 6) is -0.0408. The topological polar surface area (TPSA) is 61.8 Å². The first kappa shape index (κ1) is 17.5.